The van der Waals surface area contributed by atoms with Gasteiger partial charge in [-0.3, -0.25) is 0 Å². The average Bonchev–Trinajstić information content (AvgIpc) is 2.50. The highest BCUT2D eigenvalue weighted by atomic mass is 32.2. The monoisotopic (exact) mass is 219 g/mol. The Kier molecular flexibility index (Phi) is 2.51. The molecule has 14 heavy (non-hydrogen) atoms. The van der Waals surface area contributed by atoms with Crippen molar-refractivity contribution in [1.29, 1.82) is 0 Å². The van der Waals surface area contributed by atoms with Crippen LogP contribution in [0.25, 0.3) is 0 Å². The van der Waals surface area contributed by atoms with Crippen molar-refractivity contribution < 1.29 is 18.3 Å². The molecule has 78 valence electrons. The van der Waals surface area contributed by atoms with Crippen LogP contribution < -0.4 is 5.11 Å². The van der Waals surface area contributed by atoms with Gasteiger partial charge >= 0.3 is 0 Å². The molecular weight excluding hydrogens is 212 g/mol. The van der Waals surface area contributed by atoms with Gasteiger partial charge in [0.2, 0.25) is 9.84 Å². The van der Waals surface area contributed by atoms with Gasteiger partial charge in [-0.2, -0.15) is 0 Å². The predicted molar refractivity (Wildman–Crippen MR) is 40.5 cm³/mol. The molecule has 1 aromatic heterocycles. The van der Waals surface area contributed by atoms with E-state index in [1.165, 1.54) is 7.05 Å². The van der Waals surface area contributed by atoms with Crippen molar-refractivity contribution in [3.63, 3.8) is 0 Å². The molecule has 9 heteroatoms. The number of rotatable bonds is 3. The smallest absolute Gasteiger partial charge is 0.268 e. The molecule has 1 heterocycles. The summed E-state index contributed by atoms with van der Waals surface area (Å²) in [6, 6.07) is 0. The number of hydrogen-bond acceptors (Lipinski definition) is 7. The van der Waals surface area contributed by atoms with E-state index in [0.717, 1.165) is 11.6 Å². The van der Waals surface area contributed by atoms with Gasteiger partial charge in [-0.25, -0.2) is 13.1 Å². The molecule has 0 aliphatic rings. The summed E-state index contributed by atoms with van der Waals surface area (Å²) in [6.07, 6.45) is 0. The first-order valence-electron chi connectivity index (χ1n) is 3.54. The second kappa shape index (κ2) is 3.33. The number of carbonyl (C=O) groups excluding carboxylic acids is 1. The molecule has 1 atom stereocenters. The normalized spacial score (nSPS) is 13.9. The topological polar surface area (TPSA) is 118 Å². The molecule has 0 radical (unpaired) electrons. The summed E-state index contributed by atoms with van der Waals surface area (Å²) in [5.41, 5.74) is 0. The largest absolute Gasteiger partial charge is 0.549 e. The summed E-state index contributed by atoms with van der Waals surface area (Å²) < 4.78 is 23.8. The Morgan fingerprint density at radius 3 is 2.50 bits per heavy atom. The van der Waals surface area contributed by atoms with Crippen LogP contribution in [0.1, 0.15) is 6.92 Å². The van der Waals surface area contributed by atoms with Crippen LogP contribution in [-0.2, 0) is 21.7 Å². The fourth-order valence-electron chi connectivity index (χ4n) is 0.747. The molecule has 1 rings (SSSR count). The number of nitrogens with zero attached hydrogens (tertiary/aromatic N) is 4. The number of aliphatic carboxylic acids is 1. The Balaban J connectivity index is 3.22. The summed E-state index contributed by atoms with van der Waals surface area (Å²) in [5.74, 6) is -1.69. The third kappa shape index (κ3) is 1.58. The number of hydrogen-bond donors (Lipinski definition) is 0. The lowest BCUT2D eigenvalue weighted by Gasteiger charge is -2.11. The van der Waals surface area contributed by atoms with Crippen LogP contribution in [-0.4, -0.2) is 39.8 Å². The number of carboxylic acids is 1. The van der Waals surface area contributed by atoms with Crippen molar-refractivity contribution in [3.05, 3.63) is 0 Å². The van der Waals surface area contributed by atoms with Crippen molar-refractivity contribution in [2.45, 2.75) is 17.3 Å². The molecule has 1 unspecified atom stereocenters. The number of sulfone groups is 1. The lowest BCUT2D eigenvalue weighted by atomic mass is 10.5. The summed E-state index contributed by atoms with van der Waals surface area (Å²) in [4.78, 5) is 10.4. The molecule has 0 aromatic carbocycles. The van der Waals surface area contributed by atoms with Crippen molar-refractivity contribution >= 4 is 15.8 Å². The number of carboxylic acid groups (broad SMARTS) is 1. The molecule has 0 amide bonds. The van der Waals surface area contributed by atoms with Gasteiger partial charge in [0.25, 0.3) is 5.16 Å². The summed E-state index contributed by atoms with van der Waals surface area (Å²) in [6.45, 7) is 0.999. The average molecular weight is 219 g/mol. The molecule has 0 fully saturated rings. The maximum atomic E-state index is 11.5. The van der Waals surface area contributed by atoms with Gasteiger partial charge in [0, 0.05) is 7.05 Å². The predicted octanol–water partition coefficient (Wildman–Crippen LogP) is -2.88. The van der Waals surface area contributed by atoms with E-state index in [9.17, 15) is 18.3 Å². The van der Waals surface area contributed by atoms with E-state index in [1.54, 1.807) is 0 Å². The van der Waals surface area contributed by atoms with Crippen LogP contribution in [0.15, 0.2) is 5.16 Å². The van der Waals surface area contributed by atoms with Gasteiger partial charge in [-0.1, -0.05) is 5.10 Å². The summed E-state index contributed by atoms with van der Waals surface area (Å²) in [7, 11) is -2.76. The zero-order chi connectivity index (χ0) is 10.9. The standard InChI is InChI=1S/C5H8N4O4S/c1-3(4(10)11)14(12,13)5-6-7-8-9(5)2/h3H,1-2H3,(H,10,11)/p-1. The summed E-state index contributed by atoms with van der Waals surface area (Å²) in [5, 5.41) is 17.8. The lowest BCUT2D eigenvalue weighted by molar-refractivity contribution is -0.304. The molecule has 8 nitrogen and oxygen atoms in total. The van der Waals surface area contributed by atoms with Crippen LogP contribution in [0.3, 0.4) is 0 Å². The highest BCUT2D eigenvalue weighted by Gasteiger charge is 2.29. The first-order valence-corrected chi connectivity index (χ1v) is 5.09. The van der Waals surface area contributed by atoms with E-state index in [0.29, 0.717) is 0 Å². The van der Waals surface area contributed by atoms with Crippen LogP contribution in [0.4, 0.5) is 0 Å². The fourth-order valence-corrected chi connectivity index (χ4v) is 1.87. The van der Waals surface area contributed by atoms with Gasteiger partial charge in [-0.05, 0) is 17.4 Å². The minimum atomic E-state index is -4.06. The molecular formula is C5H7N4O4S-. The maximum absolute atomic E-state index is 11.5. The first-order chi connectivity index (χ1) is 6.37. The Morgan fingerprint density at radius 2 is 2.14 bits per heavy atom. The van der Waals surface area contributed by atoms with Crippen LogP contribution in [0.2, 0.25) is 0 Å². The minimum absolute atomic E-state index is 0.491. The summed E-state index contributed by atoms with van der Waals surface area (Å²) >= 11 is 0. The molecule has 1 aromatic rings. The van der Waals surface area contributed by atoms with Gasteiger partial charge < -0.3 is 9.90 Å². The van der Waals surface area contributed by atoms with Gasteiger partial charge in [0.1, 0.15) is 5.25 Å². The van der Waals surface area contributed by atoms with Crippen molar-refractivity contribution in [1.82, 2.24) is 20.2 Å². The molecule has 0 saturated heterocycles. The lowest BCUT2D eigenvalue weighted by Crippen LogP contribution is -2.39. The third-order valence-corrected chi connectivity index (χ3v) is 3.61. The van der Waals surface area contributed by atoms with Gasteiger partial charge in [-0.15, -0.1) is 0 Å². The first kappa shape index (κ1) is 10.6. The molecule has 0 bridgehead atoms. The van der Waals surface area contributed by atoms with E-state index >= 15 is 0 Å². The van der Waals surface area contributed by atoms with E-state index in [2.05, 4.69) is 15.5 Å². The number of aryl methyl sites for hydroxylation is 1. The second-order valence-electron chi connectivity index (χ2n) is 2.59. The zero-order valence-electron chi connectivity index (χ0n) is 7.41. The van der Waals surface area contributed by atoms with E-state index in [-0.39, 0.29) is 0 Å². The maximum Gasteiger partial charge on any atom is 0.268 e. The van der Waals surface area contributed by atoms with E-state index in [1.807, 2.05) is 0 Å². The Bertz CT molecular complexity index is 450. The second-order valence-corrected chi connectivity index (χ2v) is 4.75. The highest BCUT2D eigenvalue weighted by molar-refractivity contribution is 7.92. The van der Waals surface area contributed by atoms with Crippen LogP contribution >= 0.6 is 0 Å². The molecule has 0 aliphatic carbocycles. The van der Waals surface area contributed by atoms with Gasteiger partial charge in [0.05, 0.1) is 5.97 Å². The Morgan fingerprint density at radius 1 is 1.57 bits per heavy atom. The van der Waals surface area contributed by atoms with Crippen LogP contribution in [0.5, 0.6) is 0 Å². The number of carbonyl (C=O) groups is 1. The number of aromatic nitrogens is 4. The Labute approximate surface area is 79.5 Å². The number of tetrazole rings is 1. The molecule has 0 saturated carbocycles. The van der Waals surface area contributed by atoms with E-state index in [4.69, 9.17) is 0 Å². The van der Waals surface area contributed by atoms with Crippen molar-refractivity contribution in [2.24, 2.45) is 7.05 Å². The van der Waals surface area contributed by atoms with Crippen molar-refractivity contribution in [3.8, 4) is 0 Å². The zero-order valence-corrected chi connectivity index (χ0v) is 8.22. The quantitative estimate of drug-likeness (QED) is 0.535. The highest BCUT2D eigenvalue weighted by Crippen LogP contribution is 2.10. The van der Waals surface area contributed by atoms with E-state index < -0.39 is 26.2 Å². The van der Waals surface area contributed by atoms with Gasteiger partial charge in [0.15, 0.2) is 0 Å². The van der Waals surface area contributed by atoms with Crippen LogP contribution in [0, 0.1) is 0 Å². The third-order valence-electron chi connectivity index (χ3n) is 1.63. The fraction of sp³-hybridized carbons (Fsp3) is 0.600. The Hall–Kier alpha value is -1.51. The molecule has 0 aliphatic heterocycles. The molecule has 0 spiro atoms. The molecule has 0 N–H and O–H groups in total. The SMILES string of the molecule is CC(C(=O)[O-])S(=O)(=O)c1nnnn1C. The minimum Gasteiger partial charge on any atom is -0.549 e. The van der Waals surface area contributed by atoms with Crippen molar-refractivity contribution in [2.75, 3.05) is 0 Å².